The van der Waals surface area contributed by atoms with Crippen LogP contribution in [0.5, 0.6) is 5.75 Å². The largest absolute Gasteiger partial charge is 0.497 e. The summed E-state index contributed by atoms with van der Waals surface area (Å²) in [7, 11) is 3.42. The van der Waals surface area contributed by atoms with E-state index in [1.165, 1.54) is 16.2 Å². The van der Waals surface area contributed by atoms with Crippen LogP contribution in [0.3, 0.4) is 0 Å². The number of nitrogens with one attached hydrogen (secondary N) is 1. The van der Waals surface area contributed by atoms with Gasteiger partial charge < -0.3 is 24.0 Å². The van der Waals surface area contributed by atoms with Crippen molar-refractivity contribution in [3.8, 4) is 5.75 Å². The highest BCUT2D eigenvalue weighted by Crippen LogP contribution is 2.14. The molecule has 2 N–H and O–H groups in total. The second kappa shape index (κ2) is 10.2. The van der Waals surface area contributed by atoms with E-state index in [-0.39, 0.29) is 6.10 Å². The first kappa shape index (κ1) is 19.5. The summed E-state index contributed by atoms with van der Waals surface area (Å²) in [6, 6.07) is 12.4. The lowest BCUT2D eigenvalue weighted by atomic mass is 10.2. The number of benzene rings is 1. The Hall–Kier alpha value is -1.82. The Morgan fingerprint density at radius 2 is 2.04 bits per heavy atom. The summed E-state index contributed by atoms with van der Waals surface area (Å²) in [5.41, 5.74) is 2.49. The van der Waals surface area contributed by atoms with Crippen molar-refractivity contribution in [2.45, 2.75) is 32.5 Å². The number of hydrogen-bond acceptors (Lipinski definition) is 3. The van der Waals surface area contributed by atoms with Gasteiger partial charge in [0.15, 0.2) is 0 Å². The summed E-state index contributed by atoms with van der Waals surface area (Å²) in [6.07, 6.45) is 2.80. The Bertz CT molecular complexity index is 625. The average Bonchev–Trinajstić information content (AvgIpc) is 3.01. The fourth-order valence-electron chi connectivity index (χ4n) is 3.13. The molecule has 0 saturated heterocycles. The lowest BCUT2D eigenvalue weighted by molar-refractivity contribution is -0.917. The maximum atomic E-state index is 9.80. The number of hydrogen-bond donors (Lipinski definition) is 2. The van der Waals surface area contributed by atoms with Gasteiger partial charge in [-0.2, -0.15) is 0 Å². The third-order valence-electron chi connectivity index (χ3n) is 4.30. The number of rotatable bonds is 11. The molecule has 1 heterocycles. The lowest BCUT2D eigenvalue weighted by Crippen LogP contribution is -3.11. The van der Waals surface area contributed by atoms with Crippen molar-refractivity contribution >= 4 is 0 Å². The minimum Gasteiger partial charge on any atom is -0.497 e. The van der Waals surface area contributed by atoms with Crippen molar-refractivity contribution in [3.05, 3.63) is 53.9 Å². The van der Waals surface area contributed by atoms with Crippen LogP contribution in [0, 0.1) is 0 Å². The smallest absolute Gasteiger partial charge is 0.119 e. The first-order chi connectivity index (χ1) is 12.1. The van der Waals surface area contributed by atoms with Gasteiger partial charge in [0.1, 0.15) is 24.9 Å². The number of aromatic nitrogens is 1. The maximum absolute atomic E-state index is 9.80. The number of aliphatic hydroxyl groups excluding tert-OH is 1. The monoisotopic (exact) mass is 347 g/mol. The van der Waals surface area contributed by atoms with E-state index in [0.29, 0.717) is 0 Å². The predicted octanol–water partition coefficient (Wildman–Crippen LogP) is 1.35. The molecule has 0 spiro atoms. The summed E-state index contributed by atoms with van der Waals surface area (Å²) < 4.78 is 12.7. The number of nitrogens with zero attached hydrogens (tertiary/aromatic N) is 1. The van der Waals surface area contributed by atoms with E-state index >= 15 is 0 Å². The van der Waals surface area contributed by atoms with Crippen LogP contribution >= 0.6 is 0 Å². The van der Waals surface area contributed by atoms with Gasteiger partial charge in [0, 0.05) is 26.3 Å². The number of aliphatic hydroxyl groups is 1. The number of ether oxygens (including phenoxy) is 2. The number of quaternary nitrogens is 1. The minimum absolute atomic E-state index is 0.306. The Kier molecular flexibility index (Phi) is 7.98. The molecule has 1 aromatic heterocycles. The third-order valence-corrected chi connectivity index (χ3v) is 4.30. The second-order valence-corrected chi connectivity index (χ2v) is 6.56. The predicted molar refractivity (Wildman–Crippen MR) is 99.1 cm³/mol. The highest BCUT2D eigenvalue weighted by molar-refractivity contribution is 5.29. The van der Waals surface area contributed by atoms with Crippen LogP contribution in [-0.2, 0) is 17.8 Å². The van der Waals surface area contributed by atoms with Crippen LogP contribution < -0.4 is 9.64 Å². The van der Waals surface area contributed by atoms with E-state index in [4.69, 9.17) is 9.47 Å². The summed E-state index contributed by atoms with van der Waals surface area (Å²) in [4.78, 5) is 1.37. The standard InChI is InChI=1S/C20H30N2O3/c1-17(23)14-21(10-6-12-24-2)16-19-8-5-11-22(19)15-18-7-4-9-20(13-18)25-3/h4-5,7-9,11,13,17,23H,6,10,12,14-16H2,1-3H3/p+1/t17-/m1/s1. The molecule has 2 aromatic rings. The zero-order valence-corrected chi connectivity index (χ0v) is 15.6. The van der Waals surface area contributed by atoms with Gasteiger partial charge in [0.2, 0.25) is 0 Å². The summed E-state index contributed by atoms with van der Waals surface area (Å²) in [5, 5.41) is 9.80. The fraction of sp³-hybridized carbons (Fsp3) is 0.500. The van der Waals surface area contributed by atoms with Crippen LogP contribution in [0.15, 0.2) is 42.6 Å². The molecule has 138 valence electrons. The topological polar surface area (TPSA) is 48.1 Å². The molecule has 2 atom stereocenters. The van der Waals surface area contributed by atoms with Crippen molar-refractivity contribution < 1.29 is 19.5 Å². The SMILES string of the molecule is COCCC[NH+](Cc1cccn1Cc1cccc(OC)c1)C[C@@H](C)O. The van der Waals surface area contributed by atoms with E-state index in [0.717, 1.165) is 45.0 Å². The maximum Gasteiger partial charge on any atom is 0.119 e. The molecule has 1 unspecified atom stereocenters. The molecule has 0 aliphatic carbocycles. The molecule has 5 heteroatoms. The van der Waals surface area contributed by atoms with Gasteiger partial charge in [-0.15, -0.1) is 0 Å². The van der Waals surface area contributed by atoms with E-state index in [1.807, 2.05) is 19.1 Å². The highest BCUT2D eigenvalue weighted by Gasteiger charge is 2.15. The Morgan fingerprint density at radius 3 is 2.76 bits per heavy atom. The molecule has 0 fully saturated rings. The van der Waals surface area contributed by atoms with Crippen LogP contribution in [0.4, 0.5) is 0 Å². The molecule has 0 amide bonds. The van der Waals surface area contributed by atoms with Crippen LogP contribution in [-0.4, -0.2) is 49.7 Å². The highest BCUT2D eigenvalue weighted by atomic mass is 16.5. The summed E-state index contributed by atoms with van der Waals surface area (Å²) in [5.74, 6) is 0.882. The van der Waals surface area contributed by atoms with E-state index in [9.17, 15) is 5.11 Å². The van der Waals surface area contributed by atoms with Crippen molar-refractivity contribution in [1.29, 1.82) is 0 Å². The molecule has 5 nitrogen and oxygen atoms in total. The van der Waals surface area contributed by atoms with E-state index < -0.39 is 0 Å². The van der Waals surface area contributed by atoms with Gasteiger partial charge in [-0.1, -0.05) is 12.1 Å². The fourth-order valence-corrected chi connectivity index (χ4v) is 3.13. The Labute approximate surface area is 150 Å². The van der Waals surface area contributed by atoms with Crippen LogP contribution in [0.25, 0.3) is 0 Å². The first-order valence-electron chi connectivity index (χ1n) is 8.90. The van der Waals surface area contributed by atoms with Gasteiger partial charge in [-0.05, 0) is 36.8 Å². The molecular formula is C20H31N2O3+. The van der Waals surface area contributed by atoms with Crippen molar-refractivity contribution in [3.63, 3.8) is 0 Å². The van der Waals surface area contributed by atoms with Gasteiger partial charge in [-0.25, -0.2) is 0 Å². The van der Waals surface area contributed by atoms with E-state index in [1.54, 1.807) is 14.2 Å². The van der Waals surface area contributed by atoms with Gasteiger partial charge >= 0.3 is 0 Å². The quantitative estimate of drug-likeness (QED) is 0.603. The Morgan fingerprint density at radius 1 is 1.20 bits per heavy atom. The van der Waals surface area contributed by atoms with Gasteiger partial charge in [0.25, 0.3) is 0 Å². The molecule has 0 aliphatic heterocycles. The molecule has 0 bridgehead atoms. The summed E-state index contributed by atoms with van der Waals surface area (Å²) in [6.45, 7) is 6.06. The van der Waals surface area contributed by atoms with Gasteiger partial charge in [0.05, 0.1) is 26.0 Å². The second-order valence-electron chi connectivity index (χ2n) is 6.56. The molecular weight excluding hydrogens is 316 g/mol. The Balaban J connectivity index is 2.04. The minimum atomic E-state index is -0.306. The van der Waals surface area contributed by atoms with E-state index in [2.05, 4.69) is 35.0 Å². The molecule has 1 aromatic carbocycles. The number of methoxy groups -OCH3 is 2. The summed E-state index contributed by atoms with van der Waals surface area (Å²) >= 11 is 0. The van der Waals surface area contributed by atoms with Crippen LogP contribution in [0.2, 0.25) is 0 Å². The zero-order chi connectivity index (χ0) is 18.1. The molecule has 0 radical (unpaired) electrons. The van der Waals surface area contributed by atoms with Crippen molar-refractivity contribution in [2.75, 3.05) is 33.9 Å². The molecule has 0 saturated carbocycles. The average molecular weight is 347 g/mol. The molecule has 25 heavy (non-hydrogen) atoms. The lowest BCUT2D eigenvalue weighted by Gasteiger charge is -2.22. The van der Waals surface area contributed by atoms with Crippen molar-refractivity contribution in [1.82, 2.24) is 4.57 Å². The molecule has 0 aliphatic rings. The van der Waals surface area contributed by atoms with Crippen molar-refractivity contribution in [2.24, 2.45) is 0 Å². The molecule has 2 rings (SSSR count). The van der Waals surface area contributed by atoms with Crippen LogP contribution in [0.1, 0.15) is 24.6 Å². The third kappa shape index (κ3) is 6.53. The normalized spacial score (nSPS) is 13.6. The first-order valence-corrected chi connectivity index (χ1v) is 8.90. The van der Waals surface area contributed by atoms with Gasteiger partial charge in [-0.3, -0.25) is 0 Å². The zero-order valence-electron chi connectivity index (χ0n) is 15.6.